The molecule has 0 bridgehead atoms. The number of benzene rings is 4. The zero-order chi connectivity index (χ0) is 24.5. The van der Waals surface area contributed by atoms with E-state index in [9.17, 15) is 10.2 Å². The Labute approximate surface area is 209 Å². The van der Waals surface area contributed by atoms with Crippen LogP contribution in [0.15, 0.2) is 91.0 Å². The topological polar surface area (TPSA) is 77.4 Å². The maximum absolute atomic E-state index is 10.2. The fourth-order valence-electron chi connectivity index (χ4n) is 3.34. The summed E-state index contributed by atoms with van der Waals surface area (Å²) in [6.45, 7) is 0.378. The number of fused-ring (bicyclic) bond motifs is 1. The third kappa shape index (κ3) is 7.26. The molecule has 0 saturated heterocycles. The second kappa shape index (κ2) is 12.3. The Morgan fingerprint density at radius 3 is 1.66 bits per heavy atom. The van der Waals surface area contributed by atoms with Gasteiger partial charge in [0, 0.05) is 5.39 Å². The van der Waals surface area contributed by atoms with Crippen LogP contribution in [0.25, 0.3) is 10.8 Å². The highest BCUT2D eigenvalue weighted by molar-refractivity contribution is 6.37. The van der Waals surface area contributed by atoms with Crippen LogP contribution in [0.1, 0.15) is 0 Å². The molecule has 0 aliphatic heterocycles. The zero-order valence-corrected chi connectivity index (χ0v) is 19.8. The molecule has 2 atom stereocenters. The van der Waals surface area contributed by atoms with Crippen molar-refractivity contribution in [3.63, 3.8) is 0 Å². The average molecular weight is 495 g/mol. The number of halogens is 1. The summed E-state index contributed by atoms with van der Waals surface area (Å²) in [6, 6.07) is 27.7. The van der Waals surface area contributed by atoms with E-state index >= 15 is 0 Å². The Morgan fingerprint density at radius 1 is 0.571 bits per heavy atom. The molecule has 0 amide bonds. The van der Waals surface area contributed by atoms with Crippen molar-refractivity contribution < 1.29 is 29.2 Å². The van der Waals surface area contributed by atoms with Crippen molar-refractivity contribution in [3.8, 4) is 23.0 Å². The minimum absolute atomic E-state index is 0.0438. The molecular weight excluding hydrogens is 468 g/mol. The molecular formula is C28H27ClO6. The van der Waals surface area contributed by atoms with Crippen molar-refractivity contribution in [2.45, 2.75) is 12.2 Å². The van der Waals surface area contributed by atoms with Crippen molar-refractivity contribution in [2.75, 3.05) is 26.4 Å². The molecule has 7 heteroatoms. The van der Waals surface area contributed by atoms with Crippen LogP contribution in [0.3, 0.4) is 0 Å². The van der Waals surface area contributed by atoms with E-state index in [0.29, 0.717) is 28.0 Å². The number of rotatable bonds is 12. The SMILES string of the molecule is OC(COc1ccccc1)COc1ccc2c(Cl)c(OCC(O)COc3ccccc3)ccc2c1. The highest BCUT2D eigenvalue weighted by Crippen LogP contribution is 2.34. The molecule has 182 valence electrons. The lowest BCUT2D eigenvalue weighted by Gasteiger charge is -2.16. The van der Waals surface area contributed by atoms with Crippen LogP contribution in [0.4, 0.5) is 0 Å². The van der Waals surface area contributed by atoms with Crippen molar-refractivity contribution in [1.82, 2.24) is 0 Å². The molecule has 4 aromatic rings. The lowest BCUT2D eigenvalue weighted by Crippen LogP contribution is -2.25. The van der Waals surface area contributed by atoms with Gasteiger partial charge in [0.2, 0.25) is 0 Å². The summed E-state index contributed by atoms with van der Waals surface area (Å²) in [5.74, 6) is 2.46. The molecule has 0 spiro atoms. The normalized spacial score (nSPS) is 12.7. The summed E-state index contributed by atoms with van der Waals surface area (Å²) >= 11 is 6.54. The third-order valence-corrected chi connectivity index (χ3v) is 5.52. The molecule has 0 radical (unpaired) electrons. The molecule has 35 heavy (non-hydrogen) atoms. The maximum atomic E-state index is 10.2. The van der Waals surface area contributed by atoms with Crippen LogP contribution in [0, 0.1) is 0 Å². The van der Waals surface area contributed by atoms with Gasteiger partial charge in [-0.2, -0.15) is 0 Å². The fraction of sp³-hybridized carbons (Fsp3) is 0.214. The van der Waals surface area contributed by atoms with Gasteiger partial charge in [0.25, 0.3) is 0 Å². The molecule has 0 saturated carbocycles. The predicted molar refractivity (Wildman–Crippen MR) is 136 cm³/mol. The summed E-state index contributed by atoms with van der Waals surface area (Å²) in [7, 11) is 0. The van der Waals surface area contributed by atoms with Crippen LogP contribution >= 0.6 is 11.6 Å². The minimum Gasteiger partial charge on any atom is -0.491 e. The number of aliphatic hydroxyl groups is 2. The van der Waals surface area contributed by atoms with Crippen molar-refractivity contribution >= 4 is 22.4 Å². The maximum Gasteiger partial charge on any atom is 0.138 e. The van der Waals surface area contributed by atoms with E-state index in [1.54, 1.807) is 12.1 Å². The Bertz CT molecular complexity index is 1200. The first-order valence-electron chi connectivity index (χ1n) is 11.3. The molecule has 6 nitrogen and oxygen atoms in total. The van der Waals surface area contributed by atoms with Gasteiger partial charge < -0.3 is 29.2 Å². The molecule has 0 aliphatic carbocycles. The first-order chi connectivity index (χ1) is 17.1. The van der Waals surface area contributed by atoms with E-state index in [0.717, 1.165) is 10.8 Å². The molecule has 4 aromatic carbocycles. The first-order valence-corrected chi connectivity index (χ1v) is 11.7. The van der Waals surface area contributed by atoms with Crippen LogP contribution in [0.2, 0.25) is 5.02 Å². The van der Waals surface area contributed by atoms with Gasteiger partial charge in [0.05, 0.1) is 5.02 Å². The summed E-state index contributed by atoms with van der Waals surface area (Å²) in [5.41, 5.74) is 0. The second-order valence-corrected chi connectivity index (χ2v) is 8.32. The molecule has 2 N–H and O–H groups in total. The third-order valence-electron chi connectivity index (χ3n) is 5.13. The summed E-state index contributed by atoms with van der Waals surface area (Å²) in [5, 5.41) is 22.4. The van der Waals surface area contributed by atoms with Crippen LogP contribution in [-0.4, -0.2) is 48.8 Å². The second-order valence-electron chi connectivity index (χ2n) is 7.94. The van der Waals surface area contributed by atoms with E-state index in [4.69, 9.17) is 30.5 Å². The molecule has 0 heterocycles. The molecule has 0 aromatic heterocycles. The number of para-hydroxylation sites is 2. The molecule has 2 unspecified atom stereocenters. The molecule has 4 rings (SSSR count). The van der Waals surface area contributed by atoms with Crippen molar-refractivity contribution in [3.05, 3.63) is 96.0 Å². The lowest BCUT2D eigenvalue weighted by molar-refractivity contribution is 0.0626. The predicted octanol–water partition coefficient (Wildman–Crippen LogP) is 5.13. The summed E-state index contributed by atoms with van der Waals surface area (Å²) in [4.78, 5) is 0. The number of hydrogen-bond acceptors (Lipinski definition) is 6. The average Bonchev–Trinajstić information content (AvgIpc) is 2.90. The van der Waals surface area contributed by atoms with Crippen molar-refractivity contribution in [2.24, 2.45) is 0 Å². The number of ether oxygens (including phenoxy) is 4. The van der Waals surface area contributed by atoms with Gasteiger partial charge in [0.1, 0.15) is 61.6 Å². The first kappa shape index (κ1) is 24.7. The standard InChI is InChI=1S/C28H27ClO6/c29-28-26-13-12-25(34-18-21(30)16-32-23-7-3-1-4-8-23)15-20(26)11-14-27(28)35-19-22(31)17-33-24-9-5-2-6-10-24/h1-15,21-22,30-31H,16-19H2. The zero-order valence-electron chi connectivity index (χ0n) is 19.0. The van der Waals surface area contributed by atoms with Gasteiger partial charge in [-0.1, -0.05) is 54.1 Å². The minimum atomic E-state index is -0.810. The van der Waals surface area contributed by atoms with Gasteiger partial charge in [-0.15, -0.1) is 0 Å². The summed E-state index contributed by atoms with van der Waals surface area (Å²) < 4.78 is 22.5. The summed E-state index contributed by atoms with van der Waals surface area (Å²) in [6.07, 6.45) is -1.59. The van der Waals surface area contributed by atoms with Gasteiger partial charge >= 0.3 is 0 Å². The molecule has 0 aliphatic rings. The Kier molecular flexibility index (Phi) is 8.68. The van der Waals surface area contributed by atoms with Gasteiger partial charge in [-0.25, -0.2) is 0 Å². The van der Waals surface area contributed by atoms with Gasteiger partial charge in [-0.05, 0) is 53.9 Å². The van der Waals surface area contributed by atoms with E-state index in [1.165, 1.54) is 0 Å². The van der Waals surface area contributed by atoms with Gasteiger partial charge in [-0.3, -0.25) is 0 Å². The fourth-order valence-corrected chi connectivity index (χ4v) is 3.63. The Balaban J connectivity index is 1.28. The van der Waals surface area contributed by atoms with Gasteiger partial charge in [0.15, 0.2) is 0 Å². The largest absolute Gasteiger partial charge is 0.491 e. The Hall–Kier alpha value is -3.45. The lowest BCUT2D eigenvalue weighted by atomic mass is 10.1. The van der Waals surface area contributed by atoms with Crippen LogP contribution < -0.4 is 18.9 Å². The number of aliphatic hydroxyl groups excluding tert-OH is 2. The highest BCUT2D eigenvalue weighted by atomic mass is 35.5. The van der Waals surface area contributed by atoms with Crippen LogP contribution in [0.5, 0.6) is 23.0 Å². The van der Waals surface area contributed by atoms with E-state index in [-0.39, 0.29) is 26.4 Å². The quantitative estimate of drug-likeness (QED) is 0.284. The van der Waals surface area contributed by atoms with E-state index < -0.39 is 12.2 Å². The monoisotopic (exact) mass is 494 g/mol. The molecule has 0 fully saturated rings. The number of hydrogen-bond donors (Lipinski definition) is 2. The van der Waals surface area contributed by atoms with E-state index in [1.807, 2.05) is 78.9 Å². The van der Waals surface area contributed by atoms with Crippen molar-refractivity contribution in [1.29, 1.82) is 0 Å². The van der Waals surface area contributed by atoms with E-state index in [2.05, 4.69) is 0 Å². The smallest absolute Gasteiger partial charge is 0.138 e. The Morgan fingerprint density at radius 2 is 1.09 bits per heavy atom. The van der Waals surface area contributed by atoms with Crippen LogP contribution in [-0.2, 0) is 0 Å². The highest BCUT2D eigenvalue weighted by Gasteiger charge is 2.12.